The van der Waals surface area contributed by atoms with Gasteiger partial charge in [-0.1, -0.05) is 6.07 Å². The van der Waals surface area contributed by atoms with Gasteiger partial charge in [-0.3, -0.25) is 15.5 Å². The van der Waals surface area contributed by atoms with Gasteiger partial charge in [-0.2, -0.15) is 5.10 Å². The largest absolute Gasteiger partial charge is 0.490 e. The Morgan fingerprint density at radius 1 is 1.22 bits per heavy atom. The quantitative estimate of drug-likeness (QED) is 0.0837. The second-order valence-electron chi connectivity index (χ2n) is 8.46. The molecule has 4 N–H and O–H groups in total. The highest BCUT2D eigenvalue weighted by molar-refractivity contribution is 9.10. The first kappa shape index (κ1) is 31.2. The van der Waals surface area contributed by atoms with Crippen LogP contribution in [0.3, 0.4) is 0 Å². The van der Waals surface area contributed by atoms with Gasteiger partial charge in [0.25, 0.3) is 0 Å². The third-order valence-electron chi connectivity index (χ3n) is 5.64. The normalized spacial score (nSPS) is 15.6. The fourth-order valence-electron chi connectivity index (χ4n) is 3.92. The van der Waals surface area contributed by atoms with Crippen molar-refractivity contribution in [2.24, 2.45) is 5.10 Å². The second kappa shape index (κ2) is 14.3. The third kappa shape index (κ3) is 7.85. The molecule has 41 heavy (non-hydrogen) atoms. The van der Waals surface area contributed by atoms with Crippen LogP contribution >= 0.6 is 15.9 Å². The Morgan fingerprint density at radius 2 is 1.95 bits per heavy atom. The molecule has 0 saturated carbocycles. The summed E-state index contributed by atoms with van der Waals surface area (Å²) < 4.78 is 22.0. The molecule has 15 heteroatoms. The Morgan fingerprint density at radius 3 is 2.61 bits per heavy atom. The minimum absolute atomic E-state index is 0.113. The number of allylic oxidation sites excluding steroid dienone is 1. The van der Waals surface area contributed by atoms with E-state index in [4.69, 9.17) is 18.9 Å². The van der Waals surface area contributed by atoms with Crippen LogP contribution in [0.25, 0.3) is 0 Å². The standard InChI is InChI=1S/C26H30BrN5O9/c1-5-39-20-11-16(23-22(25(34)38-4)14(3)29-26(35)30-23)7-8-19(20)41-13-21(33)31-28-12-15-9-17(27)24(40-6-2)18(10-15)32(36)37/h7-12,21,23,31,33H,5-6,13H2,1-4H3,(H2,29,30,35)/b28-12+/t21-,23+/m0/s1. The molecule has 0 aromatic heterocycles. The van der Waals surface area contributed by atoms with Crippen molar-refractivity contribution in [3.05, 3.63) is 67.3 Å². The summed E-state index contributed by atoms with van der Waals surface area (Å²) in [6.45, 7) is 5.42. The van der Waals surface area contributed by atoms with E-state index in [-0.39, 0.29) is 30.2 Å². The summed E-state index contributed by atoms with van der Waals surface area (Å²) in [5.41, 5.74) is 3.81. The van der Waals surface area contributed by atoms with Crippen LogP contribution in [0.1, 0.15) is 37.9 Å². The monoisotopic (exact) mass is 635 g/mol. The van der Waals surface area contributed by atoms with E-state index in [1.807, 2.05) is 0 Å². The number of methoxy groups -OCH3 is 1. The molecule has 1 heterocycles. The SMILES string of the molecule is CCOc1cc([C@H]2NC(=O)NC(C)=C2C(=O)OC)ccc1OC[C@H](O)N/N=C/c1cc(Br)c(OCC)c([N+](=O)[O-])c1. The van der Waals surface area contributed by atoms with Crippen LogP contribution in [0.5, 0.6) is 17.2 Å². The summed E-state index contributed by atoms with van der Waals surface area (Å²) in [4.78, 5) is 35.3. The molecule has 2 aromatic rings. The number of ether oxygens (including phenoxy) is 4. The van der Waals surface area contributed by atoms with Crippen LogP contribution in [0, 0.1) is 10.1 Å². The molecular weight excluding hydrogens is 606 g/mol. The Bertz CT molecular complexity index is 1370. The summed E-state index contributed by atoms with van der Waals surface area (Å²) >= 11 is 3.27. The maximum atomic E-state index is 12.4. The Labute approximate surface area is 244 Å². The molecule has 0 saturated heterocycles. The molecular formula is C26H30BrN5O9. The van der Waals surface area contributed by atoms with E-state index in [0.29, 0.717) is 39.4 Å². The number of rotatable bonds is 13. The number of nitro groups is 1. The number of hydrazone groups is 1. The van der Waals surface area contributed by atoms with E-state index in [2.05, 4.69) is 37.1 Å². The number of amides is 2. The number of carbonyl (C=O) groups is 2. The average molecular weight is 636 g/mol. The highest BCUT2D eigenvalue weighted by Crippen LogP contribution is 2.36. The van der Waals surface area contributed by atoms with Gasteiger partial charge in [-0.25, -0.2) is 9.59 Å². The van der Waals surface area contributed by atoms with Crippen LogP contribution in [0.15, 0.2) is 51.2 Å². The van der Waals surface area contributed by atoms with Crippen molar-refractivity contribution in [3.63, 3.8) is 0 Å². The van der Waals surface area contributed by atoms with Crippen molar-refractivity contribution in [2.75, 3.05) is 26.9 Å². The zero-order chi connectivity index (χ0) is 30.1. The lowest BCUT2D eigenvalue weighted by molar-refractivity contribution is -0.385. The number of esters is 1. The van der Waals surface area contributed by atoms with E-state index >= 15 is 0 Å². The number of carbonyl (C=O) groups excluding carboxylic acids is 2. The molecule has 0 bridgehead atoms. The number of aliphatic hydroxyl groups is 1. The van der Waals surface area contributed by atoms with Gasteiger partial charge >= 0.3 is 17.7 Å². The molecule has 0 unspecified atom stereocenters. The Balaban J connectivity index is 1.71. The van der Waals surface area contributed by atoms with Gasteiger partial charge in [0.2, 0.25) is 5.75 Å². The van der Waals surface area contributed by atoms with Gasteiger partial charge < -0.3 is 34.7 Å². The fourth-order valence-corrected chi connectivity index (χ4v) is 4.50. The number of benzene rings is 2. The Hall–Kier alpha value is -4.37. The summed E-state index contributed by atoms with van der Waals surface area (Å²) in [5, 5.41) is 30.9. The molecule has 1 aliphatic rings. The van der Waals surface area contributed by atoms with Gasteiger partial charge in [-0.15, -0.1) is 0 Å². The maximum absolute atomic E-state index is 12.4. The van der Waals surface area contributed by atoms with E-state index in [1.54, 1.807) is 45.0 Å². The van der Waals surface area contributed by atoms with Crippen LogP contribution < -0.4 is 30.3 Å². The van der Waals surface area contributed by atoms with Crippen molar-refractivity contribution >= 4 is 39.8 Å². The number of hydrogen-bond donors (Lipinski definition) is 4. The van der Waals surface area contributed by atoms with E-state index in [1.165, 1.54) is 19.4 Å². The maximum Gasteiger partial charge on any atom is 0.337 e. The molecule has 2 amide bonds. The van der Waals surface area contributed by atoms with Crippen molar-refractivity contribution in [3.8, 4) is 17.2 Å². The van der Waals surface area contributed by atoms with Crippen LogP contribution in [0.2, 0.25) is 0 Å². The summed E-state index contributed by atoms with van der Waals surface area (Å²) in [7, 11) is 1.25. The number of nitrogens with one attached hydrogen (secondary N) is 3. The second-order valence-corrected chi connectivity index (χ2v) is 9.31. The lowest BCUT2D eigenvalue weighted by atomic mass is 9.95. The number of hydrogen-bond acceptors (Lipinski definition) is 11. The first-order chi connectivity index (χ1) is 19.6. The van der Waals surface area contributed by atoms with Gasteiger partial charge in [0.15, 0.2) is 17.7 Å². The van der Waals surface area contributed by atoms with Crippen molar-refractivity contribution in [1.82, 2.24) is 16.1 Å². The topological polar surface area (TPSA) is 183 Å². The van der Waals surface area contributed by atoms with E-state index in [0.717, 1.165) is 0 Å². The summed E-state index contributed by atoms with van der Waals surface area (Å²) in [6, 6.07) is 6.50. The number of nitrogens with zero attached hydrogens (tertiary/aromatic N) is 2. The number of aliphatic hydroxyl groups excluding tert-OH is 1. The number of halogens is 1. The van der Waals surface area contributed by atoms with Gasteiger partial charge in [-0.05, 0) is 60.5 Å². The third-order valence-corrected chi connectivity index (χ3v) is 6.23. The highest BCUT2D eigenvalue weighted by Gasteiger charge is 2.32. The molecule has 14 nitrogen and oxygen atoms in total. The zero-order valence-electron chi connectivity index (χ0n) is 22.7. The lowest BCUT2D eigenvalue weighted by Gasteiger charge is -2.28. The van der Waals surface area contributed by atoms with E-state index in [9.17, 15) is 24.8 Å². The zero-order valence-corrected chi connectivity index (χ0v) is 24.3. The molecule has 220 valence electrons. The lowest BCUT2D eigenvalue weighted by Crippen LogP contribution is -2.45. The highest BCUT2D eigenvalue weighted by atomic mass is 79.9. The molecule has 0 spiro atoms. The smallest absolute Gasteiger partial charge is 0.337 e. The number of urea groups is 1. The minimum atomic E-state index is -1.25. The predicted octanol–water partition coefficient (Wildman–Crippen LogP) is 3.28. The van der Waals surface area contributed by atoms with Crippen LogP contribution in [0.4, 0.5) is 10.5 Å². The Kier molecular flexibility index (Phi) is 10.9. The fraction of sp³-hybridized carbons (Fsp3) is 0.346. The molecule has 0 radical (unpaired) electrons. The molecule has 0 fully saturated rings. The first-order valence-electron chi connectivity index (χ1n) is 12.4. The van der Waals surface area contributed by atoms with Crippen LogP contribution in [-0.2, 0) is 9.53 Å². The molecule has 3 rings (SSSR count). The molecule has 2 atom stereocenters. The average Bonchev–Trinajstić information content (AvgIpc) is 2.92. The summed E-state index contributed by atoms with van der Waals surface area (Å²) in [5.74, 6) is 0.136. The molecule has 2 aromatic carbocycles. The molecule has 0 aliphatic carbocycles. The minimum Gasteiger partial charge on any atom is -0.490 e. The summed E-state index contributed by atoms with van der Waals surface area (Å²) in [6.07, 6.45) is 0.0560. The molecule has 1 aliphatic heterocycles. The first-order valence-corrected chi connectivity index (χ1v) is 13.2. The van der Waals surface area contributed by atoms with Gasteiger partial charge in [0.05, 0.1) is 47.5 Å². The number of nitro benzene ring substituents is 1. The van der Waals surface area contributed by atoms with E-state index < -0.39 is 29.2 Å². The van der Waals surface area contributed by atoms with Gasteiger partial charge in [0, 0.05) is 17.3 Å². The predicted molar refractivity (Wildman–Crippen MR) is 151 cm³/mol. The van der Waals surface area contributed by atoms with Crippen LogP contribution in [-0.4, -0.2) is 61.4 Å². The van der Waals surface area contributed by atoms with Crippen molar-refractivity contribution < 1.29 is 38.6 Å². The van der Waals surface area contributed by atoms with Gasteiger partial charge in [0.1, 0.15) is 6.61 Å². The van der Waals surface area contributed by atoms with Crippen molar-refractivity contribution in [2.45, 2.75) is 33.0 Å². The van der Waals surface area contributed by atoms with Crippen molar-refractivity contribution in [1.29, 1.82) is 0 Å².